The predicted molar refractivity (Wildman–Crippen MR) is 176 cm³/mol. The molecule has 0 aromatic heterocycles. The Hall–Kier alpha value is -6.94. The van der Waals surface area contributed by atoms with Crippen LogP contribution in [0, 0.1) is 0 Å². The Morgan fingerprint density at radius 3 is 1.79 bits per heavy atom. The fraction of sp³-hybridized carbons (Fsp3) is 0.167. The number of esters is 1. The van der Waals surface area contributed by atoms with Crippen LogP contribution in [-0.2, 0) is 17.6 Å². The number of phenols is 9. The Labute approximate surface area is 290 Å². The van der Waals surface area contributed by atoms with Crippen LogP contribution in [0.3, 0.4) is 0 Å². The van der Waals surface area contributed by atoms with Crippen LogP contribution in [0.25, 0.3) is 10.8 Å². The van der Waals surface area contributed by atoms with Gasteiger partial charge in [-0.15, -0.1) is 0 Å². The smallest absolute Gasteiger partial charge is 0.338 e. The third-order valence-electron chi connectivity index (χ3n) is 8.98. The Kier molecular flexibility index (Phi) is 7.83. The summed E-state index contributed by atoms with van der Waals surface area (Å²) in [7, 11) is 0. The molecule has 7 rings (SSSR count). The summed E-state index contributed by atoms with van der Waals surface area (Å²) in [5.41, 5.74) is -1.59. The molecule has 0 radical (unpaired) electrons. The van der Waals surface area contributed by atoms with E-state index >= 15 is 0 Å². The Balaban J connectivity index is 1.42. The lowest BCUT2D eigenvalue weighted by Crippen LogP contribution is -2.35. The van der Waals surface area contributed by atoms with Crippen molar-refractivity contribution < 1.29 is 75.2 Å². The van der Waals surface area contributed by atoms with Gasteiger partial charge in [0.25, 0.3) is 0 Å². The summed E-state index contributed by atoms with van der Waals surface area (Å²) < 4.78 is 17.8. The van der Waals surface area contributed by atoms with E-state index in [1.165, 1.54) is 12.1 Å². The summed E-state index contributed by atoms with van der Waals surface area (Å²) in [4.78, 5) is 27.0. The fourth-order valence-electron chi connectivity index (χ4n) is 6.53. The molecule has 0 aliphatic carbocycles. The maximum absolute atomic E-state index is 13.6. The van der Waals surface area contributed by atoms with Gasteiger partial charge < -0.3 is 70.4 Å². The van der Waals surface area contributed by atoms with E-state index in [0.29, 0.717) is 0 Å². The minimum Gasteiger partial charge on any atom is -0.508 e. The standard InChI is InChI=1S/C36H28O16/c37-14-5-20(39)18-10-26(45)34(50-27(18)7-14)12-1-16-17(9-25(44)33(48)30(16)32(47)24(43)2-12)35-29(11-19-21(40)6-15(38)8-28(19)51-35)52-36(49)13-3-22(41)31(46)23(42)4-13/h1-9,26,29,34-35,37-42,44-46,48H,10-11H2,(H,43,47)/t26-,29-,34-,35-/m1/s1. The molecule has 4 atom stereocenters. The lowest BCUT2D eigenvalue weighted by molar-refractivity contribution is -0.0184. The molecule has 52 heavy (non-hydrogen) atoms. The summed E-state index contributed by atoms with van der Waals surface area (Å²) in [5.74, 6) is -8.24. The zero-order valence-corrected chi connectivity index (χ0v) is 26.4. The first-order chi connectivity index (χ1) is 24.6. The number of ether oxygens (including phenoxy) is 3. The molecule has 0 unspecified atom stereocenters. The summed E-state index contributed by atoms with van der Waals surface area (Å²) in [6.07, 6.45) is -6.28. The summed E-state index contributed by atoms with van der Waals surface area (Å²) in [6.45, 7) is 0. The van der Waals surface area contributed by atoms with Crippen LogP contribution in [0.1, 0.15) is 44.8 Å². The molecule has 5 aromatic carbocycles. The molecule has 2 aliphatic heterocycles. The normalized spacial score (nSPS) is 19.2. The van der Waals surface area contributed by atoms with Gasteiger partial charge in [-0.2, -0.15) is 0 Å². The predicted octanol–water partition coefficient (Wildman–Crippen LogP) is 3.19. The SMILES string of the molecule is O=C(O[C@@H]1Cc2c(O)cc(O)cc2O[C@@H]1c1cc(O)c(O)c2c(=O)c(O)cc([C@H]3Oc4cc(O)cc(O)c4C[C@H]3O)cc12)c1cc(O)c(O)c(O)c1. The Morgan fingerprint density at radius 1 is 0.615 bits per heavy atom. The minimum absolute atomic E-state index is 0.0173. The average Bonchev–Trinajstić information content (AvgIpc) is 3.20. The van der Waals surface area contributed by atoms with Gasteiger partial charge in [0.1, 0.15) is 46.7 Å². The summed E-state index contributed by atoms with van der Waals surface area (Å²) in [6, 6.07) is 9.20. The van der Waals surface area contributed by atoms with E-state index in [4.69, 9.17) is 14.2 Å². The van der Waals surface area contributed by atoms with E-state index in [2.05, 4.69) is 0 Å². The molecule has 0 saturated heterocycles. The number of phenolic OH excluding ortho intramolecular Hbond substituents is 9. The molecule has 0 fully saturated rings. The maximum Gasteiger partial charge on any atom is 0.338 e. The molecule has 0 spiro atoms. The van der Waals surface area contributed by atoms with Gasteiger partial charge in [-0.25, -0.2) is 4.79 Å². The highest BCUT2D eigenvalue weighted by Gasteiger charge is 2.39. The lowest BCUT2D eigenvalue weighted by atomic mass is 9.90. The zero-order valence-electron chi connectivity index (χ0n) is 26.4. The molecule has 0 bridgehead atoms. The van der Waals surface area contributed by atoms with Crippen molar-refractivity contribution in [3.8, 4) is 69.0 Å². The van der Waals surface area contributed by atoms with Crippen molar-refractivity contribution in [1.29, 1.82) is 0 Å². The zero-order chi connectivity index (χ0) is 37.3. The van der Waals surface area contributed by atoms with Crippen molar-refractivity contribution >= 4 is 16.7 Å². The number of benzene rings is 4. The molecule has 11 N–H and O–H groups in total. The van der Waals surface area contributed by atoms with Crippen molar-refractivity contribution in [1.82, 2.24) is 0 Å². The van der Waals surface area contributed by atoms with Crippen LogP contribution in [0.15, 0.2) is 59.4 Å². The van der Waals surface area contributed by atoms with E-state index < -0.39 is 92.8 Å². The molecule has 2 aliphatic rings. The van der Waals surface area contributed by atoms with E-state index in [1.807, 2.05) is 0 Å². The molecule has 0 saturated carbocycles. The first kappa shape index (κ1) is 33.6. The van der Waals surface area contributed by atoms with E-state index in [0.717, 1.165) is 42.5 Å². The van der Waals surface area contributed by atoms with Gasteiger partial charge in [-0.3, -0.25) is 4.79 Å². The van der Waals surface area contributed by atoms with Crippen LogP contribution >= 0.6 is 0 Å². The lowest BCUT2D eigenvalue weighted by Gasteiger charge is -2.34. The molecule has 0 amide bonds. The van der Waals surface area contributed by atoms with Crippen molar-refractivity contribution in [2.45, 2.75) is 37.3 Å². The molecule has 2 heterocycles. The van der Waals surface area contributed by atoms with Gasteiger partial charge in [-0.05, 0) is 41.3 Å². The van der Waals surface area contributed by atoms with Gasteiger partial charge in [-0.1, -0.05) is 0 Å². The third-order valence-corrected chi connectivity index (χ3v) is 8.98. The van der Waals surface area contributed by atoms with Crippen molar-refractivity contribution in [3.05, 3.63) is 92.6 Å². The van der Waals surface area contributed by atoms with E-state index in [1.54, 1.807) is 0 Å². The molecule has 16 heteroatoms. The number of hydrogen-bond acceptors (Lipinski definition) is 16. The van der Waals surface area contributed by atoms with Crippen LogP contribution in [-0.4, -0.2) is 74.3 Å². The number of hydrogen-bond donors (Lipinski definition) is 11. The van der Waals surface area contributed by atoms with Crippen molar-refractivity contribution in [2.75, 3.05) is 0 Å². The Bertz CT molecular complexity index is 2370. The fourth-order valence-corrected chi connectivity index (χ4v) is 6.53. The number of rotatable bonds is 4. The summed E-state index contributed by atoms with van der Waals surface area (Å²) >= 11 is 0. The quantitative estimate of drug-likeness (QED) is 0.0940. The van der Waals surface area contributed by atoms with Crippen LogP contribution in [0.2, 0.25) is 0 Å². The molecular weight excluding hydrogens is 688 g/mol. The highest BCUT2D eigenvalue weighted by atomic mass is 16.6. The average molecular weight is 717 g/mol. The number of carbonyl (C=O) groups is 1. The topological polar surface area (TPSA) is 284 Å². The number of aromatic hydroxyl groups is 10. The number of fused-ring (bicyclic) bond motifs is 3. The van der Waals surface area contributed by atoms with Crippen molar-refractivity contribution in [2.24, 2.45) is 0 Å². The van der Waals surface area contributed by atoms with Gasteiger partial charge in [0, 0.05) is 53.8 Å². The minimum atomic E-state index is -1.53. The first-order valence-corrected chi connectivity index (χ1v) is 15.4. The van der Waals surface area contributed by atoms with Crippen LogP contribution in [0.4, 0.5) is 0 Å². The second kappa shape index (κ2) is 12.1. The first-order valence-electron chi connectivity index (χ1n) is 15.4. The Morgan fingerprint density at radius 2 is 1.17 bits per heavy atom. The van der Waals surface area contributed by atoms with Gasteiger partial charge in [0.2, 0.25) is 5.43 Å². The number of carbonyl (C=O) groups excluding carboxylic acids is 1. The highest BCUT2D eigenvalue weighted by molar-refractivity contribution is 5.94. The largest absolute Gasteiger partial charge is 0.508 e. The van der Waals surface area contributed by atoms with Crippen LogP contribution < -0.4 is 14.9 Å². The van der Waals surface area contributed by atoms with Gasteiger partial charge in [0.15, 0.2) is 40.6 Å². The second-order valence-electron chi connectivity index (χ2n) is 12.4. The van der Waals surface area contributed by atoms with Crippen LogP contribution in [0.5, 0.6) is 69.0 Å². The second-order valence-corrected chi connectivity index (χ2v) is 12.4. The van der Waals surface area contributed by atoms with Gasteiger partial charge in [0.05, 0.1) is 17.1 Å². The van der Waals surface area contributed by atoms with Crippen molar-refractivity contribution in [3.63, 3.8) is 0 Å². The molecule has 268 valence electrons. The molecule has 16 nitrogen and oxygen atoms in total. The molecule has 5 aromatic rings. The van der Waals surface area contributed by atoms with E-state index in [-0.39, 0.29) is 63.5 Å². The third kappa shape index (κ3) is 5.56. The maximum atomic E-state index is 13.6. The molecular formula is C36H28O16. The monoisotopic (exact) mass is 716 g/mol. The van der Waals surface area contributed by atoms with E-state index in [9.17, 15) is 65.8 Å². The number of aliphatic hydroxyl groups is 1. The highest BCUT2D eigenvalue weighted by Crippen LogP contribution is 2.48. The summed E-state index contributed by atoms with van der Waals surface area (Å²) in [5, 5.41) is 114. The van der Waals surface area contributed by atoms with Gasteiger partial charge >= 0.3 is 5.97 Å². The number of aliphatic hydroxyl groups excluding tert-OH is 1.